The van der Waals surface area contributed by atoms with Crippen LogP contribution >= 0.6 is 27.7 Å². The average Bonchev–Trinajstić information content (AvgIpc) is 2.71. The van der Waals surface area contributed by atoms with Gasteiger partial charge in [-0.1, -0.05) is 45.9 Å². The number of amides is 1. The lowest BCUT2D eigenvalue weighted by Crippen LogP contribution is -2.31. The lowest BCUT2D eigenvalue weighted by Gasteiger charge is -2.25. The lowest BCUT2D eigenvalue weighted by molar-refractivity contribution is -0.139. The van der Waals surface area contributed by atoms with Crippen molar-refractivity contribution in [3.05, 3.63) is 74.9 Å². The van der Waals surface area contributed by atoms with Crippen LogP contribution in [0.2, 0.25) is 0 Å². The van der Waals surface area contributed by atoms with Gasteiger partial charge in [-0.2, -0.15) is 0 Å². The average molecular weight is 516 g/mol. The molecule has 2 aromatic carbocycles. The molecule has 1 amide bonds. The second-order valence-electron chi connectivity index (χ2n) is 7.49. The molecule has 1 heterocycles. The smallest absolute Gasteiger partial charge is 0.338 e. The first kappa shape index (κ1) is 24.1. The zero-order chi connectivity index (χ0) is 23.3. The number of halogens is 1. The van der Waals surface area contributed by atoms with Crippen molar-refractivity contribution < 1.29 is 14.3 Å². The van der Waals surface area contributed by atoms with E-state index >= 15 is 0 Å². The summed E-state index contributed by atoms with van der Waals surface area (Å²) in [5, 5.41) is 6.67. The van der Waals surface area contributed by atoms with E-state index in [4.69, 9.17) is 9.73 Å². The van der Waals surface area contributed by atoms with E-state index in [1.54, 1.807) is 6.92 Å². The lowest BCUT2D eigenvalue weighted by atomic mass is 9.97. The van der Waals surface area contributed by atoms with Crippen molar-refractivity contribution in [2.24, 2.45) is 4.99 Å². The molecule has 0 bridgehead atoms. The third kappa shape index (κ3) is 6.23. The third-order valence-corrected chi connectivity index (χ3v) is 6.10. The molecule has 0 aromatic heterocycles. The maximum Gasteiger partial charge on any atom is 0.338 e. The molecule has 6 nitrogen and oxygen atoms in total. The molecule has 0 unspecified atom stereocenters. The Bertz CT molecular complexity index is 1080. The van der Waals surface area contributed by atoms with Gasteiger partial charge in [0.2, 0.25) is 5.91 Å². The Balaban J connectivity index is 1.77. The summed E-state index contributed by atoms with van der Waals surface area (Å²) >= 11 is 4.78. The maximum absolute atomic E-state index is 12.6. The largest absolute Gasteiger partial charge is 0.463 e. The molecule has 0 saturated heterocycles. The van der Waals surface area contributed by atoms with Gasteiger partial charge < -0.3 is 15.4 Å². The minimum atomic E-state index is -0.516. The van der Waals surface area contributed by atoms with Crippen molar-refractivity contribution in [3.63, 3.8) is 0 Å². The molecule has 2 N–H and O–H groups in total. The third-order valence-electron chi connectivity index (χ3n) is 4.72. The second-order valence-corrected chi connectivity index (χ2v) is 9.37. The zero-order valence-electron chi connectivity index (χ0n) is 18.5. The van der Waals surface area contributed by atoms with Gasteiger partial charge in [-0.3, -0.25) is 4.79 Å². The quantitative estimate of drug-likeness (QED) is 0.511. The van der Waals surface area contributed by atoms with Gasteiger partial charge in [-0.15, -0.1) is 0 Å². The van der Waals surface area contributed by atoms with Crippen LogP contribution in [0, 0.1) is 13.8 Å². The number of allylic oxidation sites excluding steroid dienone is 1. The Morgan fingerprint density at radius 3 is 2.53 bits per heavy atom. The van der Waals surface area contributed by atoms with Crippen molar-refractivity contribution in [1.29, 1.82) is 0 Å². The van der Waals surface area contributed by atoms with Crippen LogP contribution in [0.3, 0.4) is 0 Å². The van der Waals surface area contributed by atoms with Gasteiger partial charge >= 0.3 is 5.97 Å². The Hall–Kier alpha value is -2.58. The molecule has 1 atom stereocenters. The van der Waals surface area contributed by atoms with E-state index in [-0.39, 0.29) is 18.3 Å². The number of ether oxygens (including phenoxy) is 1. The second kappa shape index (κ2) is 10.8. The summed E-state index contributed by atoms with van der Waals surface area (Å²) in [5.74, 6) is -0.337. The Kier molecular flexibility index (Phi) is 8.15. The molecular formula is C24H26BrN3O3S. The highest BCUT2D eigenvalue weighted by atomic mass is 79.9. The predicted molar refractivity (Wildman–Crippen MR) is 134 cm³/mol. The predicted octanol–water partition coefficient (Wildman–Crippen LogP) is 5.28. The number of hydrogen-bond donors (Lipinski definition) is 2. The first-order valence-electron chi connectivity index (χ1n) is 10.3. The molecule has 3 rings (SSSR count). The van der Waals surface area contributed by atoms with E-state index in [2.05, 4.69) is 32.6 Å². The van der Waals surface area contributed by atoms with Crippen LogP contribution in [0.15, 0.2) is 63.2 Å². The summed E-state index contributed by atoms with van der Waals surface area (Å²) in [6.07, 6.45) is 0. The Morgan fingerprint density at radius 1 is 1.16 bits per heavy atom. The number of thioether (sulfide) groups is 1. The molecule has 0 saturated carbocycles. The van der Waals surface area contributed by atoms with Crippen molar-refractivity contribution in [3.8, 4) is 0 Å². The normalized spacial score (nSPS) is 15.7. The minimum Gasteiger partial charge on any atom is -0.463 e. The molecule has 1 aliphatic heterocycles. The highest BCUT2D eigenvalue weighted by molar-refractivity contribution is 9.10. The van der Waals surface area contributed by atoms with Crippen LogP contribution in [-0.4, -0.2) is 29.4 Å². The summed E-state index contributed by atoms with van der Waals surface area (Å²) in [5.41, 5.74) is 4.96. The van der Waals surface area contributed by atoms with Crippen LogP contribution < -0.4 is 10.6 Å². The highest BCUT2D eigenvalue weighted by Gasteiger charge is 2.30. The number of rotatable bonds is 6. The van der Waals surface area contributed by atoms with E-state index in [1.807, 2.05) is 57.2 Å². The van der Waals surface area contributed by atoms with Gasteiger partial charge in [-0.05, 0) is 68.7 Å². The minimum absolute atomic E-state index is 0.124. The molecule has 0 spiro atoms. The SMILES string of the molecule is CCOC(=O)C1=C(C)NC(SCC(=O)Nc2cc(C)cc(C)c2)=N[C@H]1c1cccc(Br)c1. The number of benzene rings is 2. The molecular weight excluding hydrogens is 490 g/mol. The van der Waals surface area contributed by atoms with E-state index < -0.39 is 12.0 Å². The van der Waals surface area contributed by atoms with Crippen LogP contribution in [-0.2, 0) is 14.3 Å². The number of nitrogens with one attached hydrogen (secondary N) is 2. The highest BCUT2D eigenvalue weighted by Crippen LogP contribution is 2.34. The molecule has 168 valence electrons. The van der Waals surface area contributed by atoms with Crippen molar-refractivity contribution >= 4 is 50.4 Å². The number of anilines is 1. The molecule has 2 aromatic rings. The van der Waals surface area contributed by atoms with Gasteiger partial charge in [-0.25, -0.2) is 9.79 Å². The van der Waals surface area contributed by atoms with E-state index in [1.165, 1.54) is 11.8 Å². The van der Waals surface area contributed by atoms with Crippen molar-refractivity contribution in [2.75, 3.05) is 17.7 Å². The Labute approximate surface area is 201 Å². The maximum atomic E-state index is 12.6. The topological polar surface area (TPSA) is 79.8 Å². The summed E-state index contributed by atoms with van der Waals surface area (Å²) in [4.78, 5) is 29.9. The molecule has 1 aliphatic rings. The first-order chi connectivity index (χ1) is 15.3. The number of aliphatic imine (C=N–C) groups is 1. The van der Waals surface area contributed by atoms with Crippen LogP contribution in [0.1, 0.15) is 36.6 Å². The zero-order valence-corrected chi connectivity index (χ0v) is 20.9. The number of amidine groups is 1. The first-order valence-corrected chi connectivity index (χ1v) is 12.0. The summed E-state index contributed by atoms with van der Waals surface area (Å²) in [6.45, 7) is 7.87. The van der Waals surface area contributed by atoms with E-state index in [0.29, 0.717) is 16.4 Å². The van der Waals surface area contributed by atoms with E-state index in [0.717, 1.165) is 26.9 Å². The number of carbonyl (C=O) groups is 2. The monoisotopic (exact) mass is 515 g/mol. The number of aryl methyl sites for hydroxylation is 2. The fourth-order valence-electron chi connectivity index (χ4n) is 3.49. The van der Waals surface area contributed by atoms with Crippen molar-refractivity contribution in [1.82, 2.24) is 5.32 Å². The summed E-state index contributed by atoms with van der Waals surface area (Å²) in [6, 6.07) is 13.1. The number of hydrogen-bond acceptors (Lipinski definition) is 6. The van der Waals surface area contributed by atoms with Gasteiger partial charge in [0.1, 0.15) is 6.04 Å². The molecule has 32 heavy (non-hydrogen) atoms. The fraction of sp³-hybridized carbons (Fsp3) is 0.292. The van der Waals surface area contributed by atoms with Gasteiger partial charge in [0.15, 0.2) is 5.17 Å². The summed E-state index contributed by atoms with van der Waals surface area (Å²) < 4.78 is 6.16. The Morgan fingerprint density at radius 2 is 1.88 bits per heavy atom. The van der Waals surface area contributed by atoms with E-state index in [9.17, 15) is 9.59 Å². The van der Waals surface area contributed by atoms with Gasteiger partial charge in [0.05, 0.1) is 17.9 Å². The standard InChI is InChI=1S/C24H26BrN3O3S/c1-5-31-23(30)21-16(4)26-24(28-22(21)17-7-6-8-18(25)12-17)32-13-20(29)27-19-10-14(2)9-15(3)11-19/h6-12,22H,5,13H2,1-4H3,(H,26,28)(H,27,29)/t22-/m0/s1. The van der Waals surface area contributed by atoms with Crippen LogP contribution in [0.4, 0.5) is 5.69 Å². The van der Waals surface area contributed by atoms with Gasteiger partial charge in [0.25, 0.3) is 0 Å². The van der Waals surface area contributed by atoms with Crippen LogP contribution in [0.5, 0.6) is 0 Å². The molecule has 0 radical (unpaired) electrons. The molecule has 0 fully saturated rings. The molecule has 8 heteroatoms. The number of carbonyl (C=O) groups excluding carboxylic acids is 2. The van der Waals surface area contributed by atoms with Gasteiger partial charge in [0, 0.05) is 15.9 Å². The summed E-state index contributed by atoms with van der Waals surface area (Å²) in [7, 11) is 0. The fourth-order valence-corrected chi connectivity index (χ4v) is 4.65. The molecule has 0 aliphatic carbocycles. The number of esters is 1. The number of nitrogens with zero attached hydrogens (tertiary/aromatic N) is 1. The van der Waals surface area contributed by atoms with Crippen LogP contribution in [0.25, 0.3) is 0 Å². The van der Waals surface area contributed by atoms with Crippen molar-refractivity contribution in [2.45, 2.75) is 33.7 Å².